The number of hydrogen-bond acceptors (Lipinski definition) is 7. The van der Waals surface area contributed by atoms with Crippen molar-refractivity contribution in [2.75, 3.05) is 7.11 Å². The van der Waals surface area contributed by atoms with E-state index in [2.05, 4.69) is 20.3 Å². The Morgan fingerprint density at radius 1 is 1.33 bits per heavy atom. The maximum Gasteiger partial charge on any atom is 0.353 e. The lowest BCUT2D eigenvalue weighted by molar-refractivity contribution is -0.388. The molecule has 0 aliphatic carbocycles. The molecule has 0 radical (unpaired) electrons. The standard InChI is InChI=1S/C12H9N5O4/c1-20-8-4-2-7(3-5-8)12-14-10(16-21-12)9-6-13-15-11(9)17(18)19/h2-6H,1H3,(H,13,15). The molecule has 0 aliphatic rings. The minimum absolute atomic E-state index is 0.0984. The van der Waals surface area contributed by atoms with Crippen LogP contribution >= 0.6 is 0 Å². The summed E-state index contributed by atoms with van der Waals surface area (Å²) in [5, 5.41) is 20.5. The maximum absolute atomic E-state index is 10.8. The number of hydrogen-bond donors (Lipinski definition) is 1. The first-order valence-electron chi connectivity index (χ1n) is 5.85. The second-order valence-electron chi connectivity index (χ2n) is 4.04. The normalized spacial score (nSPS) is 10.5. The Hall–Kier alpha value is -3.23. The number of nitrogens with zero attached hydrogens (tertiary/aromatic N) is 4. The molecule has 106 valence electrons. The van der Waals surface area contributed by atoms with Gasteiger partial charge < -0.3 is 19.4 Å². The number of aromatic nitrogens is 4. The summed E-state index contributed by atoms with van der Waals surface area (Å²) in [7, 11) is 1.57. The van der Waals surface area contributed by atoms with Crippen LogP contribution in [0.25, 0.3) is 22.8 Å². The Balaban J connectivity index is 1.95. The molecule has 0 saturated heterocycles. The molecular weight excluding hydrogens is 278 g/mol. The predicted octanol–water partition coefficient (Wildman–Crippen LogP) is 2.04. The first-order valence-corrected chi connectivity index (χ1v) is 5.85. The molecule has 9 nitrogen and oxygen atoms in total. The van der Waals surface area contributed by atoms with Crippen LogP contribution in [0.3, 0.4) is 0 Å². The van der Waals surface area contributed by atoms with Crippen LogP contribution < -0.4 is 4.74 Å². The van der Waals surface area contributed by atoms with Gasteiger partial charge in [0.05, 0.1) is 13.3 Å². The van der Waals surface area contributed by atoms with Crippen LogP contribution in [0.4, 0.5) is 5.82 Å². The SMILES string of the molecule is COc1ccc(-c2nc(-c3cn[nH]c3[N+](=O)[O-])no2)cc1. The molecule has 0 fully saturated rings. The van der Waals surface area contributed by atoms with Crippen molar-refractivity contribution in [3.05, 3.63) is 40.6 Å². The molecule has 0 unspecified atom stereocenters. The molecule has 1 N–H and O–H groups in total. The Morgan fingerprint density at radius 2 is 2.10 bits per heavy atom. The van der Waals surface area contributed by atoms with Crippen molar-refractivity contribution >= 4 is 5.82 Å². The van der Waals surface area contributed by atoms with E-state index in [0.717, 1.165) is 0 Å². The largest absolute Gasteiger partial charge is 0.497 e. The zero-order chi connectivity index (χ0) is 14.8. The molecule has 0 aliphatic heterocycles. The number of nitrogens with one attached hydrogen (secondary N) is 1. The zero-order valence-electron chi connectivity index (χ0n) is 10.8. The summed E-state index contributed by atoms with van der Waals surface area (Å²) >= 11 is 0. The molecule has 0 amide bonds. The third-order valence-corrected chi connectivity index (χ3v) is 2.81. The van der Waals surface area contributed by atoms with Crippen molar-refractivity contribution in [2.45, 2.75) is 0 Å². The maximum atomic E-state index is 10.8. The van der Waals surface area contributed by atoms with E-state index in [9.17, 15) is 10.1 Å². The number of methoxy groups -OCH3 is 1. The third-order valence-electron chi connectivity index (χ3n) is 2.81. The van der Waals surface area contributed by atoms with E-state index in [4.69, 9.17) is 9.26 Å². The van der Waals surface area contributed by atoms with E-state index in [1.54, 1.807) is 31.4 Å². The van der Waals surface area contributed by atoms with Crippen LogP contribution in [0.2, 0.25) is 0 Å². The second kappa shape index (κ2) is 5.04. The van der Waals surface area contributed by atoms with Gasteiger partial charge in [0.1, 0.15) is 11.3 Å². The van der Waals surface area contributed by atoms with Gasteiger partial charge in [-0.1, -0.05) is 10.3 Å². The van der Waals surface area contributed by atoms with Gasteiger partial charge in [-0.15, -0.1) is 5.10 Å². The monoisotopic (exact) mass is 287 g/mol. The van der Waals surface area contributed by atoms with Gasteiger partial charge in [-0.3, -0.25) is 0 Å². The molecule has 3 aromatic rings. The number of benzene rings is 1. The zero-order valence-corrected chi connectivity index (χ0v) is 10.8. The smallest absolute Gasteiger partial charge is 0.353 e. The number of aromatic amines is 1. The summed E-state index contributed by atoms with van der Waals surface area (Å²) in [6, 6.07) is 7.00. The fourth-order valence-corrected chi connectivity index (χ4v) is 1.77. The molecular formula is C12H9N5O4. The molecule has 0 saturated carbocycles. The molecule has 0 spiro atoms. The molecule has 0 bridgehead atoms. The van der Waals surface area contributed by atoms with E-state index in [1.165, 1.54) is 6.20 Å². The highest BCUT2D eigenvalue weighted by molar-refractivity contribution is 5.65. The Labute approximate surface area is 117 Å². The van der Waals surface area contributed by atoms with Gasteiger partial charge >= 0.3 is 5.82 Å². The second-order valence-corrected chi connectivity index (χ2v) is 4.04. The summed E-state index contributed by atoms with van der Waals surface area (Å²) in [5.74, 6) is 0.769. The fourth-order valence-electron chi connectivity index (χ4n) is 1.77. The molecule has 2 heterocycles. The third kappa shape index (κ3) is 2.31. The highest BCUT2D eigenvalue weighted by atomic mass is 16.6. The molecule has 9 heteroatoms. The Kier molecular flexibility index (Phi) is 3.07. The molecule has 3 rings (SSSR count). The quantitative estimate of drug-likeness (QED) is 0.575. The van der Waals surface area contributed by atoms with Crippen molar-refractivity contribution in [2.24, 2.45) is 0 Å². The van der Waals surface area contributed by atoms with Crippen LogP contribution in [0.5, 0.6) is 5.75 Å². The van der Waals surface area contributed by atoms with Crippen molar-refractivity contribution in [1.29, 1.82) is 0 Å². The summed E-state index contributed by atoms with van der Waals surface area (Å²) < 4.78 is 10.2. The van der Waals surface area contributed by atoms with E-state index >= 15 is 0 Å². The molecule has 2 aromatic heterocycles. The first kappa shape index (κ1) is 12.8. The lowest BCUT2D eigenvalue weighted by Crippen LogP contribution is -1.91. The van der Waals surface area contributed by atoms with Gasteiger partial charge in [-0.25, -0.2) is 0 Å². The van der Waals surface area contributed by atoms with Gasteiger partial charge in [-0.05, 0) is 29.2 Å². The van der Waals surface area contributed by atoms with Crippen LogP contribution in [0, 0.1) is 10.1 Å². The Morgan fingerprint density at radius 3 is 2.76 bits per heavy atom. The van der Waals surface area contributed by atoms with Gasteiger partial charge in [0, 0.05) is 5.56 Å². The number of ether oxygens (including phenoxy) is 1. The summed E-state index contributed by atoms with van der Waals surface area (Å²) in [6.45, 7) is 0. The molecule has 0 atom stereocenters. The average Bonchev–Trinajstić information content (AvgIpc) is 3.16. The fraction of sp³-hybridized carbons (Fsp3) is 0.0833. The summed E-state index contributed by atoms with van der Waals surface area (Å²) in [6.07, 6.45) is 1.28. The number of H-pyrrole nitrogens is 1. The predicted molar refractivity (Wildman–Crippen MR) is 70.5 cm³/mol. The minimum Gasteiger partial charge on any atom is -0.497 e. The Bertz CT molecular complexity index is 777. The first-order chi connectivity index (χ1) is 10.2. The van der Waals surface area contributed by atoms with Gasteiger partial charge in [0.25, 0.3) is 5.89 Å². The highest BCUT2D eigenvalue weighted by Crippen LogP contribution is 2.27. The van der Waals surface area contributed by atoms with Crippen LogP contribution in [0.1, 0.15) is 0 Å². The lowest BCUT2D eigenvalue weighted by atomic mass is 10.2. The minimum atomic E-state index is -0.592. The van der Waals surface area contributed by atoms with Crippen LogP contribution in [-0.2, 0) is 0 Å². The lowest BCUT2D eigenvalue weighted by Gasteiger charge is -1.98. The topological polar surface area (TPSA) is 120 Å². The van der Waals surface area contributed by atoms with E-state index < -0.39 is 4.92 Å². The van der Waals surface area contributed by atoms with E-state index in [1.807, 2.05) is 0 Å². The van der Waals surface area contributed by atoms with Crippen molar-refractivity contribution in [3.8, 4) is 28.6 Å². The van der Waals surface area contributed by atoms with Crippen molar-refractivity contribution in [3.63, 3.8) is 0 Å². The van der Waals surface area contributed by atoms with Crippen molar-refractivity contribution in [1.82, 2.24) is 20.3 Å². The summed E-state index contributed by atoms with van der Waals surface area (Å²) in [5.41, 5.74) is 0.851. The van der Waals surface area contributed by atoms with Gasteiger partial charge in [0.2, 0.25) is 5.82 Å². The van der Waals surface area contributed by atoms with Crippen molar-refractivity contribution < 1.29 is 14.2 Å². The number of nitro groups is 1. The van der Waals surface area contributed by atoms with Crippen LogP contribution in [-0.4, -0.2) is 32.4 Å². The average molecular weight is 287 g/mol. The summed E-state index contributed by atoms with van der Waals surface area (Å²) in [4.78, 5) is 14.4. The molecule has 1 aromatic carbocycles. The van der Waals surface area contributed by atoms with E-state index in [0.29, 0.717) is 11.3 Å². The van der Waals surface area contributed by atoms with Crippen LogP contribution in [0.15, 0.2) is 35.0 Å². The highest BCUT2D eigenvalue weighted by Gasteiger charge is 2.22. The number of rotatable bonds is 4. The van der Waals surface area contributed by atoms with Gasteiger partial charge in [0.15, 0.2) is 0 Å². The van der Waals surface area contributed by atoms with Gasteiger partial charge in [-0.2, -0.15) is 4.98 Å². The van der Waals surface area contributed by atoms with E-state index in [-0.39, 0.29) is 23.1 Å². The molecule has 21 heavy (non-hydrogen) atoms.